The van der Waals surface area contributed by atoms with Crippen LogP contribution in [0.15, 0.2) is 83.6 Å². The SMILES string of the molecule is CC(C)(C)OC(=O)N(C(=O)OC(C)(C)C)c1cnc(C2CCC(=O)CC2)cn1.CC1(O)CCC(c2cnc(N)c(Br)n2)CC1.CC1(O)CCC(c2cnc(N)c(Br)n2)CC1.CC1(O)CCC(c2cnc(N)cn2)CC1.CC1(O)CCC(c2cnc(N)cn2)CC1.CC1(O)CCC(c2cnc(NC(=O)OC(C)(C)C)cn2)CC1.CC1(O)CCC(c2cnc(NC(=O)OC(C)(C)C)cn2)CC1.[CH3-].[Li+]. The Morgan fingerprint density at radius 3 is 0.787 bits per heavy atom. The Bertz CT molecular complexity index is 4600. The van der Waals surface area contributed by atoms with E-state index in [1.807, 2.05) is 41.5 Å². The summed E-state index contributed by atoms with van der Waals surface area (Å²) in [7, 11) is 0. The molecule has 0 aromatic carbocycles. The van der Waals surface area contributed by atoms with Crippen LogP contribution in [-0.4, -0.2) is 187 Å². The number of aromatic nitrogens is 14. The zero-order valence-electron chi connectivity index (χ0n) is 83.4. The van der Waals surface area contributed by atoms with Gasteiger partial charge < -0.3 is 79.9 Å². The number of imide groups is 1. The Hall–Kier alpha value is -8.97. The fourth-order valence-electron chi connectivity index (χ4n) is 16.3. The molecule has 14 rings (SSSR count). The zero-order chi connectivity index (χ0) is 99.2. The van der Waals surface area contributed by atoms with Gasteiger partial charge in [-0.05, 0) is 323 Å². The molecule has 16 N–H and O–H groups in total. The second kappa shape index (κ2) is 50.2. The molecule has 7 saturated carbocycles. The van der Waals surface area contributed by atoms with Gasteiger partial charge in [0, 0.05) is 54.3 Å². The molecule has 39 heteroatoms. The summed E-state index contributed by atoms with van der Waals surface area (Å²) in [6.07, 6.45) is 40.3. The van der Waals surface area contributed by atoms with Crippen molar-refractivity contribution in [1.82, 2.24) is 69.8 Å². The van der Waals surface area contributed by atoms with Crippen LogP contribution >= 0.6 is 31.9 Å². The van der Waals surface area contributed by atoms with E-state index in [2.05, 4.69) is 112 Å². The molecule has 7 aromatic heterocycles. The van der Waals surface area contributed by atoms with Crippen molar-refractivity contribution < 1.29 is 92.4 Å². The molecule has 7 aliphatic rings. The molecule has 0 saturated heterocycles. The maximum absolute atomic E-state index is 12.6. The van der Waals surface area contributed by atoms with E-state index in [0.717, 1.165) is 212 Å². The van der Waals surface area contributed by atoms with E-state index in [1.165, 1.54) is 12.4 Å². The van der Waals surface area contributed by atoms with E-state index in [4.69, 9.17) is 41.9 Å². The van der Waals surface area contributed by atoms with Crippen LogP contribution in [0.25, 0.3) is 0 Å². The summed E-state index contributed by atoms with van der Waals surface area (Å²) in [6.45, 7) is 32.4. The number of aliphatic hydroxyl groups is 6. The van der Waals surface area contributed by atoms with E-state index in [1.54, 1.807) is 145 Å². The molecule has 7 heterocycles. The summed E-state index contributed by atoms with van der Waals surface area (Å²) >= 11 is 6.57. The summed E-state index contributed by atoms with van der Waals surface area (Å²) in [5.74, 6) is 5.25. The van der Waals surface area contributed by atoms with Gasteiger partial charge in [0.2, 0.25) is 0 Å². The molecule has 136 heavy (non-hydrogen) atoms. The van der Waals surface area contributed by atoms with Crippen LogP contribution in [-0.2, 0) is 23.7 Å². The molecule has 0 bridgehead atoms. The van der Waals surface area contributed by atoms with Gasteiger partial charge in [-0.3, -0.25) is 40.3 Å². The molecule has 36 nitrogen and oxygen atoms in total. The van der Waals surface area contributed by atoms with Gasteiger partial charge in [-0.25, -0.2) is 64.0 Å². The number of nitrogen functional groups attached to an aromatic ring is 4. The minimum atomic E-state index is -0.882. The molecule has 0 spiro atoms. The second-order valence-corrected chi connectivity index (χ2v) is 43.6. The number of carbonyl (C=O) groups is 5. The van der Waals surface area contributed by atoms with Gasteiger partial charge in [0.1, 0.15) is 49.0 Å². The van der Waals surface area contributed by atoms with Gasteiger partial charge in [-0.2, -0.15) is 4.90 Å². The number of carbonyl (C=O) groups excluding carboxylic acids is 5. The number of nitrogens with zero attached hydrogens (tertiary/aromatic N) is 15. The molecule has 0 radical (unpaired) electrons. The van der Waals surface area contributed by atoms with E-state index in [9.17, 15) is 54.6 Å². The number of ketones is 1. The van der Waals surface area contributed by atoms with Crippen molar-refractivity contribution in [3.8, 4) is 0 Å². The van der Waals surface area contributed by atoms with E-state index >= 15 is 0 Å². The van der Waals surface area contributed by atoms with Crippen LogP contribution in [0.4, 0.5) is 59.9 Å². The molecule has 7 aromatic rings. The first kappa shape index (κ1) is 116. The maximum Gasteiger partial charge on any atom is 1.00 e. The van der Waals surface area contributed by atoms with Gasteiger partial charge in [0.15, 0.2) is 29.1 Å². The predicted octanol–water partition coefficient (Wildman–Crippen LogP) is 15.7. The molecule has 0 atom stereocenters. The topological polar surface area (TPSA) is 555 Å². The number of rotatable bonds is 10. The molecule has 0 aliphatic heterocycles. The third-order valence-electron chi connectivity index (χ3n) is 24.4. The fourth-order valence-corrected chi connectivity index (χ4v) is 16.9. The minimum absolute atomic E-state index is 0. The number of amides is 4. The fraction of sp³-hybridized carbons (Fsp3) is 0.649. The Kier molecular flexibility index (Phi) is 42.8. The smallest absolute Gasteiger partial charge is 0.444 e. The summed E-state index contributed by atoms with van der Waals surface area (Å²) in [5, 5.41) is 64.5. The van der Waals surface area contributed by atoms with Crippen molar-refractivity contribution in [2.45, 2.75) is 402 Å². The van der Waals surface area contributed by atoms with E-state index < -0.39 is 80.4 Å². The summed E-state index contributed by atoms with van der Waals surface area (Å²) in [5.41, 5.74) is 22.9. The van der Waals surface area contributed by atoms with Gasteiger partial charge >= 0.3 is 43.2 Å². The van der Waals surface area contributed by atoms with Crippen molar-refractivity contribution in [2.24, 2.45) is 0 Å². The minimum Gasteiger partial charge on any atom is -0.444 e. The molecule has 4 amide bonds. The molecule has 7 aliphatic carbocycles. The molecular weight excluding hydrogens is 1870 g/mol. The quantitative estimate of drug-likeness (QED) is 0.0344. The van der Waals surface area contributed by atoms with Gasteiger partial charge in [-0.1, -0.05) is 0 Å². The Morgan fingerprint density at radius 1 is 0.338 bits per heavy atom. The molecule has 746 valence electrons. The van der Waals surface area contributed by atoms with Crippen LogP contribution in [0.2, 0.25) is 0 Å². The number of hydrogen-bond donors (Lipinski definition) is 12. The predicted molar refractivity (Wildman–Crippen MR) is 526 cm³/mol. The number of nitrogens with one attached hydrogen (secondary N) is 2. The second-order valence-electron chi connectivity index (χ2n) is 42.1. The largest absolute Gasteiger partial charge is 1.00 e. The van der Waals surface area contributed by atoms with Crippen molar-refractivity contribution in [1.29, 1.82) is 0 Å². The first-order valence-electron chi connectivity index (χ1n) is 46.5. The third kappa shape index (κ3) is 40.8. The average Bonchev–Trinajstić information content (AvgIpc) is 0.811. The summed E-state index contributed by atoms with van der Waals surface area (Å²) in [4.78, 5) is 120. The maximum atomic E-state index is 12.6. The number of halogens is 2. The summed E-state index contributed by atoms with van der Waals surface area (Å²) in [6, 6.07) is 0. The molecule has 7 fully saturated rings. The van der Waals surface area contributed by atoms with Crippen LogP contribution in [0.3, 0.4) is 0 Å². The Balaban J connectivity index is 0.000000246. The number of nitrogens with two attached hydrogens (primary N) is 4. The average molecular weight is 2020 g/mol. The normalized spacial score (nSPS) is 25.6. The van der Waals surface area contributed by atoms with Gasteiger partial charge in [-0.15, -0.1) is 0 Å². The molecular formula is C97H148Br2LiN21O15. The van der Waals surface area contributed by atoms with Crippen LogP contribution < -0.4 is 57.3 Å². The molecule has 0 unspecified atom stereocenters. The number of ether oxygens (including phenoxy) is 4. The first-order chi connectivity index (χ1) is 62.2. The number of anilines is 7. The zero-order valence-corrected chi connectivity index (χ0v) is 86.6. The van der Waals surface area contributed by atoms with Crippen molar-refractivity contribution in [3.05, 3.63) is 131 Å². The van der Waals surface area contributed by atoms with E-state index in [0.29, 0.717) is 92.5 Å². The third-order valence-corrected chi connectivity index (χ3v) is 25.6. The number of Topliss-reactive ketones (excluding diaryl/α,β-unsaturated/α-hetero) is 1. The van der Waals surface area contributed by atoms with Crippen molar-refractivity contribution in [2.75, 3.05) is 38.5 Å². The summed E-state index contributed by atoms with van der Waals surface area (Å²) < 4.78 is 22.2. The Morgan fingerprint density at radius 2 is 0.566 bits per heavy atom. The van der Waals surface area contributed by atoms with Crippen molar-refractivity contribution >= 4 is 103 Å². The van der Waals surface area contributed by atoms with Crippen LogP contribution in [0.5, 0.6) is 0 Å². The van der Waals surface area contributed by atoms with Gasteiger partial charge in [0.05, 0.1) is 148 Å². The van der Waals surface area contributed by atoms with Gasteiger partial charge in [0.25, 0.3) is 0 Å². The number of hydrogen-bond acceptors (Lipinski definition) is 33. The first-order valence-corrected chi connectivity index (χ1v) is 48.1. The Labute approximate surface area is 830 Å². The van der Waals surface area contributed by atoms with Crippen LogP contribution in [0.1, 0.15) is 386 Å². The standard InChI is InChI=1S/C20H29N3O5.2C16H25N3O3.2C11H16BrN3O.2C11H17N3O.CH3.Li/c1-19(2,3)27-17(25)23(18(26)28-20(4,5)6)16-12-21-15(11-22-16)13-7-9-14(24)10-8-13;2*1-15(2,3)22-14(20)19-13-10-17-12(9-18-13)11-5-7-16(4,21)8-6-11;2*1-11(16)4-2-7(3-5-11)8-6-14-10(13)9(12)15-8;2*1-11(15)4-2-8(3-5-11)9-6-14-10(12)7-13-9;;/h11-13H,7-10H2,1-6H3;2*9-11,21H,5-8H2,1-4H3,(H,18,19,20);2*6-7,16H,2-5H2,1H3,(H2,13,14);2*6-8,15H,2-5H2,1H3,(H2,12,14);1H3;/q;;;;;;;-1;+1. The van der Waals surface area contributed by atoms with E-state index in [-0.39, 0.29) is 43.8 Å². The monoisotopic (exact) mass is 2010 g/mol. The van der Waals surface area contributed by atoms with Crippen molar-refractivity contribution in [3.63, 3.8) is 0 Å². The van der Waals surface area contributed by atoms with Crippen LogP contribution in [0, 0.1) is 7.43 Å².